The van der Waals surface area contributed by atoms with Crippen LogP contribution in [0.5, 0.6) is 0 Å². The van der Waals surface area contributed by atoms with Gasteiger partial charge >= 0.3 is 0 Å². The van der Waals surface area contributed by atoms with E-state index in [0.29, 0.717) is 0 Å². The minimum Gasteiger partial charge on any atom is -0.468 e. The first-order chi connectivity index (χ1) is 7.84. The Hall–Kier alpha value is -0.840. The molecule has 1 N–H and O–H groups in total. The molecule has 0 bridgehead atoms. The SMILES string of the molecule is CN1CCN(CCNCc2ccco2)CC1. The normalized spacial score (nSPS) is 19.1. The molecular formula is C12H21N3O. The Morgan fingerprint density at radius 3 is 2.81 bits per heavy atom. The second-order valence-corrected chi connectivity index (χ2v) is 4.40. The molecule has 2 rings (SSSR count). The summed E-state index contributed by atoms with van der Waals surface area (Å²) in [6.07, 6.45) is 1.72. The number of furan rings is 1. The van der Waals surface area contributed by atoms with Crippen molar-refractivity contribution >= 4 is 0 Å². The molecule has 0 radical (unpaired) electrons. The Kier molecular flexibility index (Phi) is 4.39. The third kappa shape index (κ3) is 3.63. The lowest BCUT2D eigenvalue weighted by Crippen LogP contribution is -2.46. The molecule has 1 aliphatic heterocycles. The van der Waals surface area contributed by atoms with Crippen LogP contribution in [0.1, 0.15) is 5.76 Å². The molecular weight excluding hydrogens is 202 g/mol. The van der Waals surface area contributed by atoms with Gasteiger partial charge in [-0.1, -0.05) is 0 Å². The highest BCUT2D eigenvalue weighted by Gasteiger charge is 2.12. The van der Waals surface area contributed by atoms with Crippen LogP contribution < -0.4 is 5.32 Å². The maximum absolute atomic E-state index is 5.26. The molecule has 0 spiro atoms. The highest BCUT2D eigenvalue weighted by atomic mass is 16.3. The average Bonchev–Trinajstić information content (AvgIpc) is 2.80. The van der Waals surface area contributed by atoms with Gasteiger partial charge in [0.05, 0.1) is 12.8 Å². The standard InChI is InChI=1S/C12H21N3O/c1-14-6-8-15(9-7-14)5-4-13-11-12-3-2-10-16-12/h2-3,10,13H,4-9,11H2,1H3. The predicted molar refractivity (Wildman–Crippen MR) is 64.4 cm³/mol. The van der Waals surface area contributed by atoms with Crippen molar-refractivity contribution in [1.29, 1.82) is 0 Å². The van der Waals surface area contributed by atoms with Crippen LogP contribution in [0.25, 0.3) is 0 Å². The molecule has 1 aromatic heterocycles. The lowest BCUT2D eigenvalue weighted by atomic mass is 10.3. The molecule has 1 aromatic rings. The zero-order valence-corrected chi connectivity index (χ0v) is 9.98. The maximum Gasteiger partial charge on any atom is 0.117 e. The molecule has 1 fully saturated rings. The lowest BCUT2D eigenvalue weighted by Gasteiger charge is -2.32. The van der Waals surface area contributed by atoms with Crippen molar-refractivity contribution in [3.8, 4) is 0 Å². The van der Waals surface area contributed by atoms with Gasteiger partial charge in [0, 0.05) is 39.3 Å². The van der Waals surface area contributed by atoms with E-state index in [-0.39, 0.29) is 0 Å². The van der Waals surface area contributed by atoms with E-state index in [2.05, 4.69) is 22.2 Å². The lowest BCUT2D eigenvalue weighted by molar-refractivity contribution is 0.154. The first-order valence-corrected chi connectivity index (χ1v) is 5.98. The summed E-state index contributed by atoms with van der Waals surface area (Å²) < 4.78 is 5.26. The van der Waals surface area contributed by atoms with Gasteiger partial charge in [0.25, 0.3) is 0 Å². The summed E-state index contributed by atoms with van der Waals surface area (Å²) in [4.78, 5) is 4.89. The van der Waals surface area contributed by atoms with E-state index >= 15 is 0 Å². The van der Waals surface area contributed by atoms with Gasteiger partial charge in [-0.15, -0.1) is 0 Å². The van der Waals surface area contributed by atoms with Crippen molar-refractivity contribution in [2.24, 2.45) is 0 Å². The molecule has 4 heteroatoms. The topological polar surface area (TPSA) is 31.6 Å². The molecule has 4 nitrogen and oxygen atoms in total. The van der Waals surface area contributed by atoms with E-state index in [9.17, 15) is 0 Å². The highest BCUT2D eigenvalue weighted by Crippen LogP contribution is 1.99. The molecule has 1 saturated heterocycles. The number of nitrogens with one attached hydrogen (secondary N) is 1. The van der Waals surface area contributed by atoms with Gasteiger partial charge in [0.1, 0.15) is 5.76 Å². The summed E-state index contributed by atoms with van der Waals surface area (Å²) >= 11 is 0. The molecule has 0 saturated carbocycles. The summed E-state index contributed by atoms with van der Waals surface area (Å²) in [5, 5.41) is 3.40. The summed E-state index contributed by atoms with van der Waals surface area (Å²) in [6.45, 7) is 7.77. The summed E-state index contributed by atoms with van der Waals surface area (Å²) in [6, 6.07) is 3.93. The number of hydrogen-bond donors (Lipinski definition) is 1. The van der Waals surface area contributed by atoms with Crippen molar-refractivity contribution in [3.63, 3.8) is 0 Å². The van der Waals surface area contributed by atoms with Gasteiger partial charge in [-0.3, -0.25) is 4.90 Å². The number of likely N-dealkylation sites (N-methyl/N-ethyl adjacent to an activating group) is 1. The molecule has 0 aromatic carbocycles. The van der Waals surface area contributed by atoms with Crippen molar-refractivity contribution in [2.45, 2.75) is 6.54 Å². The molecule has 1 aliphatic rings. The van der Waals surface area contributed by atoms with Gasteiger partial charge in [0.2, 0.25) is 0 Å². The zero-order valence-electron chi connectivity index (χ0n) is 9.98. The Labute approximate surface area is 97.2 Å². The minimum atomic E-state index is 0.834. The van der Waals surface area contributed by atoms with E-state index in [1.54, 1.807) is 6.26 Å². The quantitative estimate of drug-likeness (QED) is 0.741. The van der Waals surface area contributed by atoms with E-state index < -0.39 is 0 Å². The number of rotatable bonds is 5. The van der Waals surface area contributed by atoms with E-state index in [0.717, 1.165) is 25.4 Å². The fourth-order valence-electron chi connectivity index (χ4n) is 1.93. The monoisotopic (exact) mass is 223 g/mol. The zero-order chi connectivity index (χ0) is 11.2. The fraction of sp³-hybridized carbons (Fsp3) is 0.667. The van der Waals surface area contributed by atoms with Crippen molar-refractivity contribution in [3.05, 3.63) is 24.2 Å². The van der Waals surface area contributed by atoms with Crippen LogP contribution in [0.2, 0.25) is 0 Å². The van der Waals surface area contributed by atoms with E-state index in [4.69, 9.17) is 4.42 Å². The summed E-state index contributed by atoms with van der Waals surface area (Å²) in [5.74, 6) is 1.01. The van der Waals surface area contributed by atoms with Gasteiger partial charge in [-0.05, 0) is 19.2 Å². The van der Waals surface area contributed by atoms with Crippen LogP contribution in [0, 0.1) is 0 Å². The highest BCUT2D eigenvalue weighted by molar-refractivity contribution is 4.97. The smallest absolute Gasteiger partial charge is 0.117 e. The van der Waals surface area contributed by atoms with Crippen molar-refractivity contribution in [2.75, 3.05) is 46.3 Å². The van der Waals surface area contributed by atoms with Crippen molar-refractivity contribution in [1.82, 2.24) is 15.1 Å². The van der Waals surface area contributed by atoms with Gasteiger partial charge in [-0.25, -0.2) is 0 Å². The average molecular weight is 223 g/mol. The predicted octanol–water partition coefficient (Wildman–Crippen LogP) is 0.617. The molecule has 0 atom stereocenters. The second kappa shape index (κ2) is 6.03. The van der Waals surface area contributed by atoms with Crippen LogP contribution in [0.3, 0.4) is 0 Å². The summed E-state index contributed by atoms with van der Waals surface area (Å²) in [7, 11) is 2.19. The number of piperazine rings is 1. The summed E-state index contributed by atoms with van der Waals surface area (Å²) in [5.41, 5.74) is 0. The van der Waals surface area contributed by atoms with Gasteiger partial charge < -0.3 is 14.6 Å². The molecule has 0 unspecified atom stereocenters. The van der Waals surface area contributed by atoms with Crippen LogP contribution in [-0.2, 0) is 6.54 Å². The third-order valence-electron chi connectivity index (χ3n) is 3.08. The van der Waals surface area contributed by atoms with Crippen molar-refractivity contribution < 1.29 is 4.42 Å². The van der Waals surface area contributed by atoms with Crippen LogP contribution in [0.4, 0.5) is 0 Å². The van der Waals surface area contributed by atoms with Crippen LogP contribution in [0.15, 0.2) is 22.8 Å². The Morgan fingerprint density at radius 2 is 2.12 bits per heavy atom. The molecule has 2 heterocycles. The largest absolute Gasteiger partial charge is 0.468 e. The molecule has 0 aliphatic carbocycles. The van der Waals surface area contributed by atoms with Gasteiger partial charge in [0.15, 0.2) is 0 Å². The van der Waals surface area contributed by atoms with Crippen LogP contribution in [-0.4, -0.2) is 56.1 Å². The van der Waals surface area contributed by atoms with E-state index in [1.165, 1.54) is 26.2 Å². The van der Waals surface area contributed by atoms with E-state index in [1.807, 2.05) is 12.1 Å². The number of nitrogens with zero attached hydrogens (tertiary/aromatic N) is 2. The number of hydrogen-bond acceptors (Lipinski definition) is 4. The van der Waals surface area contributed by atoms with Crippen LogP contribution >= 0.6 is 0 Å². The first-order valence-electron chi connectivity index (χ1n) is 5.98. The first kappa shape index (κ1) is 11.6. The minimum absolute atomic E-state index is 0.834. The fourth-order valence-corrected chi connectivity index (χ4v) is 1.93. The Morgan fingerprint density at radius 1 is 1.31 bits per heavy atom. The molecule has 0 amide bonds. The second-order valence-electron chi connectivity index (χ2n) is 4.40. The Balaban J connectivity index is 1.55. The third-order valence-corrected chi connectivity index (χ3v) is 3.08. The maximum atomic E-state index is 5.26. The molecule has 90 valence electrons. The van der Waals surface area contributed by atoms with Gasteiger partial charge in [-0.2, -0.15) is 0 Å². The Bertz CT molecular complexity index is 278. The molecule has 16 heavy (non-hydrogen) atoms.